The van der Waals surface area contributed by atoms with E-state index in [1.54, 1.807) is 12.1 Å². The number of hydrogen-bond acceptors (Lipinski definition) is 3. The first-order valence-electron chi connectivity index (χ1n) is 10.1. The molecule has 0 atom stereocenters. The van der Waals surface area contributed by atoms with Crippen molar-refractivity contribution < 1.29 is 14.7 Å². The minimum atomic E-state index is -0.227. The average molecular weight is 406 g/mol. The number of rotatable bonds is 6. The van der Waals surface area contributed by atoms with Crippen LogP contribution in [0.2, 0.25) is 0 Å². The molecule has 2 N–H and O–H groups in total. The molecule has 30 heavy (non-hydrogen) atoms. The van der Waals surface area contributed by atoms with Gasteiger partial charge in [-0.05, 0) is 73.6 Å². The predicted octanol–water partition coefficient (Wildman–Crippen LogP) is 6.04. The van der Waals surface area contributed by atoms with E-state index in [1.165, 1.54) is 18.2 Å². The second-order valence-electron chi connectivity index (χ2n) is 8.37. The molecule has 4 nitrogen and oxygen atoms in total. The van der Waals surface area contributed by atoms with Crippen molar-refractivity contribution in [2.45, 2.75) is 47.5 Å². The number of nitrogens with one attached hydrogen (secondary N) is 1. The van der Waals surface area contributed by atoms with Crippen LogP contribution in [0.4, 0.5) is 5.69 Å². The number of phenols is 1. The summed E-state index contributed by atoms with van der Waals surface area (Å²) in [4.78, 5) is 24.1. The Balaban J connectivity index is 1.99. The van der Waals surface area contributed by atoms with Crippen LogP contribution in [0.5, 0.6) is 5.75 Å². The van der Waals surface area contributed by atoms with E-state index in [0.717, 1.165) is 28.7 Å². The van der Waals surface area contributed by atoms with Gasteiger partial charge in [-0.3, -0.25) is 9.59 Å². The average Bonchev–Trinajstić information content (AvgIpc) is 2.66. The highest BCUT2D eigenvalue weighted by molar-refractivity contribution is 6.00. The molecule has 158 valence electrons. The van der Waals surface area contributed by atoms with Crippen LogP contribution < -0.4 is 5.32 Å². The quantitative estimate of drug-likeness (QED) is 0.344. The molecular weight excluding hydrogens is 374 g/mol. The first-order valence-corrected chi connectivity index (χ1v) is 10.1. The van der Waals surface area contributed by atoms with E-state index < -0.39 is 0 Å². The molecule has 1 aliphatic rings. The molecule has 4 heteroatoms. The Morgan fingerprint density at radius 3 is 2.43 bits per heavy atom. The lowest BCUT2D eigenvalue weighted by molar-refractivity contribution is -0.116. The lowest BCUT2D eigenvalue weighted by Crippen LogP contribution is -2.24. The summed E-state index contributed by atoms with van der Waals surface area (Å²) in [6, 6.07) is 6.33. The number of benzene rings is 1. The minimum Gasteiger partial charge on any atom is -0.508 e. The summed E-state index contributed by atoms with van der Waals surface area (Å²) >= 11 is 0. The molecule has 0 bridgehead atoms. The number of allylic oxidation sites excluding steroid dienone is 9. The number of hydrogen-bond donors (Lipinski definition) is 2. The number of phenolic OH excluding ortho intramolecular Hbond substituents is 1. The van der Waals surface area contributed by atoms with Gasteiger partial charge in [0, 0.05) is 18.2 Å². The zero-order valence-corrected chi connectivity index (χ0v) is 18.5. The zero-order chi connectivity index (χ0) is 22.3. The summed E-state index contributed by atoms with van der Waals surface area (Å²) in [7, 11) is 0. The van der Waals surface area contributed by atoms with Crippen molar-refractivity contribution in [1.29, 1.82) is 0 Å². The summed E-state index contributed by atoms with van der Waals surface area (Å²) in [5.74, 6) is 0.167. The number of aromatic hydroxyl groups is 1. The monoisotopic (exact) mass is 405 g/mol. The van der Waals surface area contributed by atoms with Crippen molar-refractivity contribution in [2.75, 3.05) is 5.32 Å². The lowest BCUT2D eigenvalue weighted by atomic mass is 9.72. The smallest absolute Gasteiger partial charge is 0.248 e. The van der Waals surface area contributed by atoms with Gasteiger partial charge in [-0.2, -0.15) is 0 Å². The molecule has 0 aromatic heterocycles. The third-order valence-corrected chi connectivity index (χ3v) is 5.25. The van der Waals surface area contributed by atoms with Gasteiger partial charge >= 0.3 is 0 Å². The SMILES string of the molecule is CC(=CC=C/C(C)=C\C(=O)Nc1ccc(O)cc1)/C=C/C1=C(C)C(=O)CCC1(C)C. The summed E-state index contributed by atoms with van der Waals surface area (Å²) in [6.07, 6.45) is 12.8. The number of Topliss-reactive ketones (excluding diaryl/α,β-unsaturated/α-hetero) is 1. The number of ketones is 1. The molecule has 1 aliphatic carbocycles. The second-order valence-corrected chi connectivity index (χ2v) is 8.37. The standard InChI is InChI=1S/C26H31NO3/c1-18(9-14-23-20(3)24(29)15-16-26(23,4)5)7-6-8-19(2)17-25(30)27-21-10-12-22(28)13-11-21/h6-14,17,28H,15-16H2,1-5H3,(H,27,30)/b8-6?,14-9+,18-7?,19-17-. The number of anilines is 1. The maximum atomic E-state index is 12.1. The Morgan fingerprint density at radius 2 is 1.77 bits per heavy atom. The van der Waals surface area contributed by atoms with Crippen molar-refractivity contribution in [2.24, 2.45) is 5.41 Å². The highest BCUT2D eigenvalue weighted by atomic mass is 16.3. The Morgan fingerprint density at radius 1 is 1.10 bits per heavy atom. The van der Waals surface area contributed by atoms with E-state index in [0.29, 0.717) is 12.1 Å². The summed E-state index contributed by atoms with van der Waals surface area (Å²) in [5.41, 5.74) is 4.48. The molecule has 0 heterocycles. The first kappa shape index (κ1) is 23.1. The van der Waals surface area contributed by atoms with Crippen molar-refractivity contribution in [3.63, 3.8) is 0 Å². The Labute approximate surface area is 179 Å². The third kappa shape index (κ3) is 6.73. The topological polar surface area (TPSA) is 66.4 Å². The van der Waals surface area contributed by atoms with E-state index in [-0.39, 0.29) is 22.9 Å². The van der Waals surface area contributed by atoms with Crippen LogP contribution >= 0.6 is 0 Å². The fourth-order valence-corrected chi connectivity index (χ4v) is 3.36. The van der Waals surface area contributed by atoms with Crippen LogP contribution in [0.1, 0.15) is 47.5 Å². The molecule has 0 fully saturated rings. The Hall–Kier alpha value is -3.14. The fraction of sp³-hybridized carbons (Fsp3) is 0.308. The maximum absolute atomic E-state index is 12.1. The van der Waals surface area contributed by atoms with Crippen LogP contribution in [0.25, 0.3) is 0 Å². The van der Waals surface area contributed by atoms with Gasteiger partial charge in [-0.25, -0.2) is 0 Å². The number of carbonyl (C=O) groups is 2. The van der Waals surface area contributed by atoms with E-state index in [9.17, 15) is 14.7 Å². The zero-order valence-electron chi connectivity index (χ0n) is 18.5. The molecular formula is C26H31NO3. The number of carbonyl (C=O) groups excluding carboxylic acids is 2. The van der Waals surface area contributed by atoms with E-state index in [2.05, 4.69) is 25.2 Å². The molecule has 0 saturated heterocycles. The van der Waals surface area contributed by atoms with Crippen molar-refractivity contribution in [3.05, 3.63) is 83.0 Å². The summed E-state index contributed by atoms with van der Waals surface area (Å²) in [5, 5.41) is 12.0. The highest BCUT2D eigenvalue weighted by Gasteiger charge is 2.30. The molecule has 0 radical (unpaired) electrons. The molecule has 0 aliphatic heterocycles. The minimum absolute atomic E-state index is 0.00873. The van der Waals surface area contributed by atoms with Crippen LogP contribution in [-0.4, -0.2) is 16.8 Å². The van der Waals surface area contributed by atoms with Crippen LogP contribution in [0.3, 0.4) is 0 Å². The molecule has 2 rings (SSSR count). The van der Waals surface area contributed by atoms with Crippen LogP contribution in [0, 0.1) is 5.41 Å². The van der Waals surface area contributed by atoms with Gasteiger partial charge in [-0.1, -0.05) is 49.8 Å². The highest BCUT2D eigenvalue weighted by Crippen LogP contribution is 2.39. The predicted molar refractivity (Wildman–Crippen MR) is 123 cm³/mol. The van der Waals surface area contributed by atoms with Gasteiger partial charge in [0.25, 0.3) is 0 Å². The van der Waals surface area contributed by atoms with E-state index in [1.807, 2.05) is 45.1 Å². The van der Waals surface area contributed by atoms with Gasteiger partial charge in [0.1, 0.15) is 5.75 Å². The molecule has 1 aromatic carbocycles. The van der Waals surface area contributed by atoms with E-state index in [4.69, 9.17) is 0 Å². The second kappa shape index (κ2) is 10.1. The summed E-state index contributed by atoms with van der Waals surface area (Å²) < 4.78 is 0. The summed E-state index contributed by atoms with van der Waals surface area (Å²) in [6.45, 7) is 10.1. The van der Waals surface area contributed by atoms with Crippen molar-refractivity contribution in [1.82, 2.24) is 0 Å². The Bertz CT molecular complexity index is 954. The van der Waals surface area contributed by atoms with Crippen molar-refractivity contribution in [3.8, 4) is 5.75 Å². The lowest BCUT2D eigenvalue weighted by Gasteiger charge is -2.32. The van der Waals surface area contributed by atoms with Gasteiger partial charge in [0.15, 0.2) is 5.78 Å². The molecule has 0 spiro atoms. The van der Waals surface area contributed by atoms with E-state index >= 15 is 0 Å². The largest absolute Gasteiger partial charge is 0.508 e. The third-order valence-electron chi connectivity index (χ3n) is 5.25. The molecule has 1 aromatic rings. The van der Waals surface area contributed by atoms with Gasteiger partial charge in [0.2, 0.25) is 5.91 Å². The Kier molecular flexibility index (Phi) is 7.76. The fourth-order valence-electron chi connectivity index (χ4n) is 3.36. The maximum Gasteiger partial charge on any atom is 0.248 e. The molecule has 0 saturated carbocycles. The van der Waals surface area contributed by atoms with Gasteiger partial charge < -0.3 is 10.4 Å². The number of amides is 1. The van der Waals surface area contributed by atoms with Crippen molar-refractivity contribution >= 4 is 17.4 Å². The first-order chi connectivity index (χ1) is 14.1. The molecule has 1 amide bonds. The van der Waals surface area contributed by atoms with Crippen LogP contribution in [0.15, 0.2) is 83.0 Å². The van der Waals surface area contributed by atoms with Gasteiger partial charge in [-0.15, -0.1) is 0 Å². The normalized spacial score (nSPS) is 17.8. The van der Waals surface area contributed by atoms with Gasteiger partial charge in [0.05, 0.1) is 0 Å². The van der Waals surface area contributed by atoms with Crippen LogP contribution in [-0.2, 0) is 9.59 Å². The molecule has 0 unspecified atom stereocenters.